The summed E-state index contributed by atoms with van der Waals surface area (Å²) in [5.41, 5.74) is 0.691. The van der Waals surface area contributed by atoms with Gasteiger partial charge in [0.2, 0.25) is 0 Å². The third kappa shape index (κ3) is 4.85. The van der Waals surface area contributed by atoms with Gasteiger partial charge < -0.3 is 14.5 Å². The highest BCUT2D eigenvalue weighted by atomic mass is 19.1. The van der Waals surface area contributed by atoms with E-state index >= 15 is 0 Å². The molecule has 1 aromatic rings. The number of rotatable bonds is 7. The van der Waals surface area contributed by atoms with E-state index in [2.05, 4.69) is 28.8 Å². The molecule has 4 nitrogen and oxygen atoms in total. The van der Waals surface area contributed by atoms with Gasteiger partial charge in [-0.15, -0.1) is 0 Å². The molecule has 0 N–H and O–H groups in total. The maximum absolute atomic E-state index is 14.3. The van der Waals surface area contributed by atoms with Crippen LogP contribution in [0, 0.1) is 5.82 Å². The fourth-order valence-electron chi connectivity index (χ4n) is 2.61. The molecule has 0 aromatic heterocycles. The normalized spacial score (nSPS) is 16.3. The highest BCUT2D eigenvalue weighted by Crippen LogP contribution is 2.25. The number of halogens is 1. The quantitative estimate of drug-likeness (QED) is 0.769. The Labute approximate surface area is 133 Å². The molecule has 5 heteroatoms. The molecule has 0 spiro atoms. The molecule has 1 aromatic carbocycles. The van der Waals surface area contributed by atoms with Crippen LogP contribution in [0.1, 0.15) is 13.3 Å². The van der Waals surface area contributed by atoms with Crippen LogP contribution in [0.15, 0.2) is 18.2 Å². The number of benzene rings is 1. The first-order chi connectivity index (χ1) is 10.6. The van der Waals surface area contributed by atoms with E-state index < -0.39 is 0 Å². The number of likely N-dealkylation sites (N-methyl/N-ethyl adjacent to an activating group) is 1. The molecule has 1 aliphatic heterocycles. The number of hydrogen-bond donors (Lipinski definition) is 0. The van der Waals surface area contributed by atoms with E-state index in [0.717, 1.165) is 45.7 Å². The summed E-state index contributed by atoms with van der Waals surface area (Å²) in [5, 5.41) is 0. The van der Waals surface area contributed by atoms with Crippen molar-refractivity contribution < 1.29 is 9.13 Å². The van der Waals surface area contributed by atoms with Crippen molar-refractivity contribution in [3.8, 4) is 5.75 Å². The molecule has 124 valence electrons. The maximum Gasteiger partial charge on any atom is 0.150 e. The molecule has 0 radical (unpaired) electrons. The van der Waals surface area contributed by atoms with E-state index in [9.17, 15) is 4.39 Å². The summed E-state index contributed by atoms with van der Waals surface area (Å²) in [7, 11) is 4.18. The lowest BCUT2D eigenvalue weighted by Gasteiger charge is -2.36. The summed E-state index contributed by atoms with van der Waals surface area (Å²) in [6.07, 6.45) is 0.929. The Bertz CT molecular complexity index is 459. The van der Waals surface area contributed by atoms with Crippen LogP contribution in [0.3, 0.4) is 0 Å². The Morgan fingerprint density at radius 2 is 1.91 bits per heavy atom. The molecular weight excluding hydrogens is 281 g/mol. The Hall–Kier alpha value is -1.33. The van der Waals surface area contributed by atoms with E-state index in [0.29, 0.717) is 18.0 Å². The van der Waals surface area contributed by atoms with E-state index in [4.69, 9.17) is 4.74 Å². The zero-order valence-electron chi connectivity index (χ0n) is 14.0. The van der Waals surface area contributed by atoms with Gasteiger partial charge >= 0.3 is 0 Å². The second kappa shape index (κ2) is 8.34. The van der Waals surface area contributed by atoms with Crippen molar-refractivity contribution in [3.05, 3.63) is 24.0 Å². The zero-order valence-corrected chi connectivity index (χ0v) is 14.0. The average Bonchev–Trinajstić information content (AvgIpc) is 2.51. The monoisotopic (exact) mass is 309 g/mol. The van der Waals surface area contributed by atoms with Gasteiger partial charge in [0.15, 0.2) is 0 Å². The predicted octanol–water partition coefficient (Wildman–Crippen LogP) is 2.30. The highest BCUT2D eigenvalue weighted by Gasteiger charge is 2.19. The van der Waals surface area contributed by atoms with Gasteiger partial charge in [-0.1, -0.05) is 6.92 Å². The maximum atomic E-state index is 14.3. The van der Waals surface area contributed by atoms with E-state index in [1.165, 1.54) is 6.07 Å². The van der Waals surface area contributed by atoms with Crippen molar-refractivity contribution in [1.82, 2.24) is 9.80 Å². The fraction of sp³-hybridized carbons (Fsp3) is 0.647. The topological polar surface area (TPSA) is 19.0 Å². The summed E-state index contributed by atoms with van der Waals surface area (Å²) in [5.74, 6) is 0.433. The van der Waals surface area contributed by atoms with Gasteiger partial charge in [0, 0.05) is 45.3 Å². The molecule has 22 heavy (non-hydrogen) atoms. The molecule has 2 rings (SSSR count). The minimum Gasteiger partial charge on any atom is -0.493 e. The number of ether oxygens (including phenoxy) is 1. The van der Waals surface area contributed by atoms with Crippen LogP contribution < -0.4 is 9.64 Å². The Kier molecular flexibility index (Phi) is 6.46. The molecule has 0 amide bonds. The molecule has 0 atom stereocenters. The first-order valence-electron chi connectivity index (χ1n) is 8.14. The second-order valence-electron chi connectivity index (χ2n) is 6.09. The van der Waals surface area contributed by atoms with Crippen LogP contribution >= 0.6 is 0 Å². The fourth-order valence-corrected chi connectivity index (χ4v) is 2.61. The average molecular weight is 309 g/mol. The van der Waals surface area contributed by atoms with Crippen molar-refractivity contribution in [1.29, 1.82) is 0 Å². The van der Waals surface area contributed by atoms with Gasteiger partial charge in [-0.3, -0.25) is 4.90 Å². The highest BCUT2D eigenvalue weighted by molar-refractivity contribution is 5.51. The molecule has 0 saturated carbocycles. The minimum absolute atomic E-state index is 0.185. The third-order valence-electron chi connectivity index (χ3n) is 3.97. The van der Waals surface area contributed by atoms with Crippen LogP contribution in [0.25, 0.3) is 0 Å². The molecule has 1 fully saturated rings. The van der Waals surface area contributed by atoms with Crippen LogP contribution in [0.5, 0.6) is 5.75 Å². The first-order valence-corrected chi connectivity index (χ1v) is 8.14. The Balaban J connectivity index is 1.88. The van der Waals surface area contributed by atoms with Crippen molar-refractivity contribution in [2.24, 2.45) is 0 Å². The molecule has 1 saturated heterocycles. The third-order valence-corrected chi connectivity index (χ3v) is 3.97. The summed E-state index contributed by atoms with van der Waals surface area (Å²) < 4.78 is 19.7. The van der Waals surface area contributed by atoms with Crippen LogP contribution in [0.4, 0.5) is 10.1 Å². The van der Waals surface area contributed by atoms with E-state index in [1.54, 1.807) is 0 Å². The predicted molar refractivity (Wildman–Crippen MR) is 89.4 cm³/mol. The van der Waals surface area contributed by atoms with E-state index in [-0.39, 0.29) is 5.82 Å². The summed E-state index contributed by atoms with van der Waals surface area (Å²) >= 11 is 0. The van der Waals surface area contributed by atoms with Gasteiger partial charge in [-0.25, -0.2) is 4.39 Å². The minimum atomic E-state index is -0.185. The van der Waals surface area contributed by atoms with Crippen molar-refractivity contribution >= 4 is 5.69 Å². The van der Waals surface area contributed by atoms with Gasteiger partial charge in [0.25, 0.3) is 0 Å². The van der Waals surface area contributed by atoms with Gasteiger partial charge in [0.1, 0.15) is 11.6 Å². The smallest absolute Gasteiger partial charge is 0.150 e. The van der Waals surface area contributed by atoms with Crippen molar-refractivity contribution in [2.45, 2.75) is 13.3 Å². The molecule has 1 heterocycles. The summed E-state index contributed by atoms with van der Waals surface area (Å²) in [6.45, 7) is 8.54. The standard InChI is InChI=1S/C17H28FN3O/c1-4-13-22-15-5-6-17(16(18)14-15)21-11-9-20(10-12-21)8-7-19(2)3/h5-6,14H,4,7-13H2,1-3H3. The van der Waals surface area contributed by atoms with Crippen LogP contribution in [-0.2, 0) is 0 Å². The number of anilines is 1. The molecule has 0 aliphatic carbocycles. The first kappa shape index (κ1) is 17.0. The second-order valence-corrected chi connectivity index (χ2v) is 6.09. The van der Waals surface area contributed by atoms with Crippen LogP contribution in [-0.4, -0.2) is 69.8 Å². The largest absolute Gasteiger partial charge is 0.493 e. The molecule has 0 bridgehead atoms. The van der Waals surface area contributed by atoms with E-state index in [1.807, 2.05) is 19.1 Å². The molecule has 0 unspecified atom stereocenters. The summed E-state index contributed by atoms with van der Waals surface area (Å²) in [6, 6.07) is 5.21. The van der Waals surface area contributed by atoms with Crippen molar-refractivity contribution in [2.75, 3.05) is 64.9 Å². The lowest BCUT2D eigenvalue weighted by Crippen LogP contribution is -2.48. The van der Waals surface area contributed by atoms with Gasteiger partial charge in [-0.2, -0.15) is 0 Å². The Morgan fingerprint density at radius 1 is 1.18 bits per heavy atom. The lowest BCUT2D eigenvalue weighted by atomic mass is 10.2. The molecular formula is C17H28FN3O. The lowest BCUT2D eigenvalue weighted by molar-refractivity contribution is 0.229. The summed E-state index contributed by atoms with van der Waals surface area (Å²) in [4.78, 5) is 6.76. The molecule has 1 aliphatic rings. The van der Waals surface area contributed by atoms with Crippen molar-refractivity contribution in [3.63, 3.8) is 0 Å². The van der Waals surface area contributed by atoms with Gasteiger partial charge in [0.05, 0.1) is 12.3 Å². The van der Waals surface area contributed by atoms with Crippen LogP contribution in [0.2, 0.25) is 0 Å². The number of hydrogen-bond acceptors (Lipinski definition) is 4. The SMILES string of the molecule is CCCOc1ccc(N2CCN(CCN(C)C)CC2)c(F)c1. The number of piperazine rings is 1. The van der Waals surface area contributed by atoms with Gasteiger partial charge in [-0.05, 0) is 32.6 Å². The number of nitrogens with zero attached hydrogens (tertiary/aromatic N) is 3. The Morgan fingerprint density at radius 3 is 2.50 bits per heavy atom. The zero-order chi connectivity index (χ0) is 15.9.